The minimum absolute atomic E-state index is 0.0781. The van der Waals surface area contributed by atoms with Crippen LogP contribution in [0, 0.1) is 13.8 Å². The summed E-state index contributed by atoms with van der Waals surface area (Å²) in [5.41, 5.74) is 7.50. The molecule has 0 saturated carbocycles. The zero-order valence-corrected chi connectivity index (χ0v) is 9.52. The molecule has 17 heavy (non-hydrogen) atoms. The lowest BCUT2D eigenvalue weighted by molar-refractivity contribution is 0.102. The molecule has 88 valence electrons. The summed E-state index contributed by atoms with van der Waals surface area (Å²) in [6, 6.07) is 5.22. The Morgan fingerprint density at radius 2 is 2.18 bits per heavy atom. The van der Waals surface area contributed by atoms with E-state index in [0.29, 0.717) is 17.1 Å². The molecule has 0 aliphatic carbocycles. The van der Waals surface area contributed by atoms with Crippen LogP contribution in [0.25, 0.3) is 0 Å². The number of nitrogens with one attached hydrogen (secondary N) is 1. The van der Waals surface area contributed by atoms with Crippen molar-refractivity contribution in [3.8, 4) is 0 Å². The predicted molar refractivity (Wildman–Crippen MR) is 62.6 cm³/mol. The Morgan fingerprint density at radius 1 is 1.41 bits per heavy atom. The number of aryl methyl sites for hydroxylation is 1. The van der Waals surface area contributed by atoms with Gasteiger partial charge in [-0.1, -0.05) is 11.2 Å². The minimum Gasteiger partial charge on any atom is -0.398 e. The van der Waals surface area contributed by atoms with Crippen LogP contribution in [0.5, 0.6) is 0 Å². The van der Waals surface area contributed by atoms with Crippen LogP contribution in [0.2, 0.25) is 0 Å². The average Bonchev–Trinajstić information content (AvgIpc) is 2.68. The van der Waals surface area contributed by atoms with Gasteiger partial charge in [0.05, 0.1) is 0 Å². The second kappa shape index (κ2) is 4.25. The molecule has 0 radical (unpaired) electrons. The van der Waals surface area contributed by atoms with E-state index < -0.39 is 0 Å². The molecule has 3 N–H and O–H groups in total. The predicted octanol–water partition coefficient (Wildman–Crippen LogP) is 1.52. The fourth-order valence-corrected chi connectivity index (χ4v) is 1.41. The Balaban J connectivity index is 2.23. The Bertz CT molecular complexity index is 562. The second-order valence-corrected chi connectivity index (χ2v) is 3.62. The summed E-state index contributed by atoms with van der Waals surface area (Å²) in [5.74, 6) is 0.142. The van der Waals surface area contributed by atoms with Crippen LogP contribution in [0.4, 0.5) is 11.7 Å². The van der Waals surface area contributed by atoms with Crippen molar-refractivity contribution in [2.24, 2.45) is 0 Å². The second-order valence-electron chi connectivity index (χ2n) is 3.62. The van der Waals surface area contributed by atoms with Crippen LogP contribution < -0.4 is 11.1 Å². The Morgan fingerprint density at radius 3 is 2.82 bits per heavy atom. The van der Waals surface area contributed by atoms with Gasteiger partial charge in [-0.15, -0.1) is 0 Å². The van der Waals surface area contributed by atoms with Crippen molar-refractivity contribution < 1.29 is 9.32 Å². The molecule has 0 unspecified atom stereocenters. The lowest BCUT2D eigenvalue weighted by Crippen LogP contribution is -2.14. The Labute approximate surface area is 97.8 Å². The van der Waals surface area contributed by atoms with E-state index in [-0.39, 0.29) is 11.9 Å². The number of carbonyl (C=O) groups excluding carboxylic acids is 1. The number of anilines is 2. The van der Waals surface area contributed by atoms with Crippen LogP contribution in [0.15, 0.2) is 22.7 Å². The summed E-state index contributed by atoms with van der Waals surface area (Å²) in [7, 11) is 0. The molecule has 0 saturated heterocycles. The van der Waals surface area contributed by atoms with Crippen molar-refractivity contribution in [2.45, 2.75) is 13.8 Å². The molecule has 0 fully saturated rings. The summed E-state index contributed by atoms with van der Waals surface area (Å²) >= 11 is 0. The summed E-state index contributed by atoms with van der Waals surface area (Å²) in [4.78, 5) is 15.8. The number of aromatic nitrogens is 2. The number of amides is 1. The molecular weight excluding hydrogens is 220 g/mol. The van der Waals surface area contributed by atoms with Crippen molar-refractivity contribution >= 4 is 17.6 Å². The Kier molecular flexibility index (Phi) is 2.78. The molecule has 0 bridgehead atoms. The number of nitrogens with two attached hydrogens (primary N) is 1. The number of nitrogens with zero attached hydrogens (tertiary/aromatic N) is 2. The van der Waals surface area contributed by atoms with Gasteiger partial charge in [-0.05, 0) is 31.5 Å². The van der Waals surface area contributed by atoms with E-state index in [0.717, 1.165) is 5.56 Å². The van der Waals surface area contributed by atoms with Gasteiger partial charge in [-0.25, -0.2) is 0 Å². The number of nitrogen functional groups attached to an aromatic ring is 1. The first-order valence-electron chi connectivity index (χ1n) is 5.04. The van der Waals surface area contributed by atoms with Crippen LogP contribution in [0.1, 0.15) is 21.7 Å². The first-order chi connectivity index (χ1) is 8.08. The molecule has 2 aromatic rings. The van der Waals surface area contributed by atoms with E-state index in [1.807, 2.05) is 0 Å². The summed E-state index contributed by atoms with van der Waals surface area (Å²) in [6.07, 6.45) is 0. The highest BCUT2D eigenvalue weighted by molar-refractivity contribution is 6.04. The molecule has 0 aliphatic heterocycles. The number of carbonyl (C=O) groups is 1. The van der Waals surface area contributed by atoms with Gasteiger partial charge in [0.15, 0.2) is 5.82 Å². The van der Waals surface area contributed by atoms with E-state index in [1.165, 1.54) is 0 Å². The highest BCUT2D eigenvalue weighted by Gasteiger charge is 2.13. The van der Waals surface area contributed by atoms with Gasteiger partial charge in [-0.3, -0.25) is 10.1 Å². The maximum absolute atomic E-state index is 11.9. The van der Waals surface area contributed by atoms with Crippen LogP contribution in [-0.2, 0) is 0 Å². The molecule has 0 aliphatic rings. The third-order valence-corrected chi connectivity index (χ3v) is 2.37. The van der Waals surface area contributed by atoms with Gasteiger partial charge in [0, 0.05) is 11.3 Å². The van der Waals surface area contributed by atoms with E-state index in [9.17, 15) is 4.79 Å². The van der Waals surface area contributed by atoms with Gasteiger partial charge in [0.25, 0.3) is 5.91 Å². The molecule has 0 atom stereocenters. The maximum Gasteiger partial charge on any atom is 0.328 e. The monoisotopic (exact) mass is 232 g/mol. The third kappa shape index (κ3) is 2.25. The normalized spacial score (nSPS) is 10.2. The standard InChI is InChI=1S/C11H12N4O2/c1-6-8(4-3-5-9(6)12)10(16)14-11-13-7(2)15-17-11/h3-5H,12H2,1-2H3,(H,13,14,15,16). The van der Waals surface area contributed by atoms with Crippen molar-refractivity contribution in [1.29, 1.82) is 0 Å². The first kappa shape index (κ1) is 11.1. The molecule has 6 heteroatoms. The van der Waals surface area contributed by atoms with Crippen LogP contribution in [-0.4, -0.2) is 16.0 Å². The quantitative estimate of drug-likeness (QED) is 0.765. The minimum atomic E-state index is -0.321. The van der Waals surface area contributed by atoms with Crippen molar-refractivity contribution in [1.82, 2.24) is 10.1 Å². The Hall–Kier alpha value is -2.37. The highest BCUT2D eigenvalue weighted by atomic mass is 16.5. The lowest BCUT2D eigenvalue weighted by Gasteiger charge is -2.06. The third-order valence-electron chi connectivity index (χ3n) is 2.37. The van der Waals surface area contributed by atoms with Crippen molar-refractivity contribution in [3.05, 3.63) is 35.2 Å². The molecule has 1 aromatic carbocycles. The van der Waals surface area contributed by atoms with Crippen LogP contribution in [0.3, 0.4) is 0 Å². The first-order valence-corrected chi connectivity index (χ1v) is 5.04. The molecule has 0 spiro atoms. The number of rotatable bonds is 2. The lowest BCUT2D eigenvalue weighted by atomic mass is 10.1. The van der Waals surface area contributed by atoms with Gasteiger partial charge in [0.2, 0.25) is 0 Å². The topological polar surface area (TPSA) is 94.0 Å². The number of hydrogen-bond donors (Lipinski definition) is 2. The van der Waals surface area contributed by atoms with Crippen molar-refractivity contribution in [3.63, 3.8) is 0 Å². The molecular formula is C11H12N4O2. The summed E-state index contributed by atoms with van der Waals surface area (Å²) < 4.78 is 4.80. The molecule has 6 nitrogen and oxygen atoms in total. The molecule has 1 aromatic heterocycles. The van der Waals surface area contributed by atoms with Gasteiger partial charge in [-0.2, -0.15) is 4.98 Å². The fourth-order valence-electron chi connectivity index (χ4n) is 1.41. The van der Waals surface area contributed by atoms with Gasteiger partial charge in [0.1, 0.15) is 0 Å². The molecule has 1 heterocycles. The zero-order chi connectivity index (χ0) is 12.4. The summed E-state index contributed by atoms with van der Waals surface area (Å²) in [6.45, 7) is 3.45. The van der Waals surface area contributed by atoms with E-state index in [4.69, 9.17) is 10.3 Å². The van der Waals surface area contributed by atoms with E-state index in [2.05, 4.69) is 15.5 Å². The van der Waals surface area contributed by atoms with Gasteiger partial charge >= 0.3 is 6.01 Å². The summed E-state index contributed by atoms with van der Waals surface area (Å²) in [5, 5.41) is 6.09. The van der Waals surface area contributed by atoms with Crippen LogP contribution >= 0.6 is 0 Å². The maximum atomic E-state index is 11.9. The molecule has 2 rings (SSSR count). The average molecular weight is 232 g/mol. The zero-order valence-electron chi connectivity index (χ0n) is 9.52. The number of hydrogen-bond acceptors (Lipinski definition) is 5. The van der Waals surface area contributed by atoms with Gasteiger partial charge < -0.3 is 10.3 Å². The fraction of sp³-hybridized carbons (Fsp3) is 0.182. The highest BCUT2D eigenvalue weighted by Crippen LogP contribution is 2.16. The molecule has 1 amide bonds. The van der Waals surface area contributed by atoms with Crippen molar-refractivity contribution in [2.75, 3.05) is 11.1 Å². The largest absolute Gasteiger partial charge is 0.398 e. The number of benzene rings is 1. The van der Waals surface area contributed by atoms with E-state index >= 15 is 0 Å². The SMILES string of the molecule is Cc1noc(NC(=O)c2cccc(N)c2C)n1. The van der Waals surface area contributed by atoms with E-state index in [1.54, 1.807) is 32.0 Å². The smallest absolute Gasteiger partial charge is 0.328 e.